The predicted octanol–water partition coefficient (Wildman–Crippen LogP) is -0.586. The van der Waals surface area contributed by atoms with Crippen LogP contribution in [0.3, 0.4) is 0 Å². The van der Waals surface area contributed by atoms with Crippen molar-refractivity contribution in [3.05, 3.63) is 42.7 Å². The smallest absolute Gasteiger partial charge is 0.469 e. The van der Waals surface area contributed by atoms with Crippen LogP contribution in [-0.4, -0.2) is 226 Å². The van der Waals surface area contributed by atoms with E-state index in [0.717, 1.165) is 11.3 Å². The molecule has 0 amide bonds. The van der Waals surface area contributed by atoms with Crippen molar-refractivity contribution in [1.82, 2.24) is 14.7 Å². The molecule has 0 aliphatic rings. The number of phosphoric acid groups is 1. The largest absolute Gasteiger partial charge is 0.491 e. The van der Waals surface area contributed by atoms with Gasteiger partial charge in [-0.2, -0.15) is 0 Å². The molecule has 36 nitrogen and oxygen atoms in total. The number of rotatable bonds is 28. The molecule has 0 aliphatic heterocycles. The van der Waals surface area contributed by atoms with Gasteiger partial charge in [-0.3, -0.25) is 55.7 Å². The summed E-state index contributed by atoms with van der Waals surface area (Å²) >= 11 is 0. The lowest BCUT2D eigenvalue weighted by molar-refractivity contribution is 0.111. The van der Waals surface area contributed by atoms with Crippen LogP contribution in [-0.2, 0) is 50.3 Å². The lowest BCUT2D eigenvalue weighted by atomic mass is 10.3. The van der Waals surface area contributed by atoms with Crippen LogP contribution in [0.15, 0.2) is 42.7 Å². The highest BCUT2D eigenvalue weighted by atomic mass is 31.2. The number of para-hydroxylation sites is 1. The van der Waals surface area contributed by atoms with Gasteiger partial charge in [0.2, 0.25) is 12.5 Å². The van der Waals surface area contributed by atoms with E-state index in [1.165, 1.54) is 4.90 Å². The number of aliphatic hydroxyl groups excluding tert-OH is 1. The van der Waals surface area contributed by atoms with Gasteiger partial charge in [0.1, 0.15) is 51.1 Å². The van der Waals surface area contributed by atoms with Crippen molar-refractivity contribution in [3.8, 4) is 5.75 Å². The highest BCUT2D eigenvalue weighted by Crippen LogP contribution is 2.67. The molecule has 0 saturated carbocycles. The SMILES string of the molecule is C=CP(=O)(O)O.C=P(O)(O)CN(CP(=O)(O)O)CP(=O)(O)O.CC(O)(P(C)(=O)O)P(=O)(O)O.CCCOCCN(CP(=O)(O)O)CP(=O)(O)O.CCN(CCO)CP(=O)(O)O.O=P(O)(O)OCCOc1ccccc1. The van der Waals surface area contributed by atoms with E-state index in [0.29, 0.717) is 49.8 Å². The molecular formula is C29H73N3O33P10. The second-order valence-corrected chi connectivity index (χ2v) is 32.6. The van der Waals surface area contributed by atoms with E-state index in [-0.39, 0.29) is 39.3 Å². The lowest BCUT2D eigenvalue weighted by Crippen LogP contribution is -2.30. The summed E-state index contributed by atoms with van der Waals surface area (Å²) in [5.41, 5.74) is 0. The molecule has 2 unspecified atom stereocenters. The average molecular weight is 1300 g/mol. The van der Waals surface area contributed by atoms with Crippen molar-refractivity contribution >= 4 is 82.0 Å². The second kappa shape index (κ2) is 38.0. The van der Waals surface area contributed by atoms with Gasteiger partial charge in [0, 0.05) is 32.2 Å². The first kappa shape index (κ1) is 83.9. The molecule has 21 N–H and O–H groups in total. The van der Waals surface area contributed by atoms with Crippen LogP contribution < -0.4 is 4.74 Å². The Balaban J connectivity index is -0.000000267. The van der Waals surface area contributed by atoms with Crippen molar-refractivity contribution in [2.75, 3.05) is 97.0 Å². The maximum atomic E-state index is 10.8. The highest BCUT2D eigenvalue weighted by Gasteiger charge is 2.52. The zero-order valence-corrected chi connectivity index (χ0v) is 49.5. The van der Waals surface area contributed by atoms with Crippen LogP contribution in [0.1, 0.15) is 27.2 Å². The molecule has 0 radical (unpaired) electrons. The fourth-order valence-corrected chi connectivity index (χ4v) is 11.5. The molecule has 0 aromatic heterocycles. The molecule has 1 rings (SSSR count). The zero-order valence-electron chi connectivity index (χ0n) is 40.6. The Morgan fingerprint density at radius 1 is 0.560 bits per heavy atom. The van der Waals surface area contributed by atoms with Crippen LogP contribution in [0.2, 0.25) is 0 Å². The molecule has 0 heterocycles. The van der Waals surface area contributed by atoms with E-state index in [9.17, 15) is 41.1 Å². The summed E-state index contributed by atoms with van der Waals surface area (Å²) in [5, 5.41) is 14.5. The Hall–Kier alpha value is 0.0900. The fourth-order valence-electron chi connectivity index (χ4n) is 3.93. The van der Waals surface area contributed by atoms with Crippen molar-refractivity contribution < 1.29 is 158 Å². The zero-order chi connectivity index (χ0) is 60.8. The van der Waals surface area contributed by atoms with Crippen LogP contribution in [0, 0.1) is 0 Å². The highest BCUT2D eigenvalue weighted by molar-refractivity contribution is 7.74. The number of phosphoric ester groups is 1. The number of aliphatic hydroxyl groups is 2. The third-order valence-corrected chi connectivity index (χ3v) is 17.3. The molecule has 0 fully saturated rings. The number of nitrogens with zero attached hydrogens (tertiary/aromatic N) is 3. The summed E-state index contributed by atoms with van der Waals surface area (Å²) in [4.78, 5) is 166. The van der Waals surface area contributed by atoms with Gasteiger partial charge in [0.15, 0.2) is 0 Å². The summed E-state index contributed by atoms with van der Waals surface area (Å²) in [5.74, 6) is 1.24. The minimum atomic E-state index is -4.95. The number of hydrogen-bond donors (Lipinski definition) is 21. The van der Waals surface area contributed by atoms with Crippen molar-refractivity contribution in [3.63, 3.8) is 0 Å². The van der Waals surface area contributed by atoms with Crippen LogP contribution in [0.25, 0.3) is 0 Å². The topological polar surface area (TPSA) is 616 Å². The monoisotopic (exact) mass is 1300 g/mol. The molecule has 75 heavy (non-hydrogen) atoms. The standard InChI is InChI=1S/C8H11O5P.C7H19NO7P2.C5H14NO4P.C4H14NO8P3.C3H10O6P2.C2H5O3P/c9-14(10,11)13-7-6-12-8-4-2-1-3-5-8;1-2-4-15-5-3-8(6-16(9,10)11)7-17(12,13)14;1-2-6(3-4-7)5-11(8,9)10;1-14(6,7)2-5(3-15(8,9)10)4-16(11,12)13;1-3(4,10(2,5)6)11(7,8)9;1-2-6(3,4)5/h1-5H,6-7H2,(H2,9,10,11);2-7H2,1H3,(H2,9,10,11)(H2,12,13,14);7H,2-5H2,1H3,(H2,8,9,10);6-7H,1-4H2,(H2,8,9,10)(H2,11,12,13);4H,1-2H3,(H,5,6)(H2,7,8,9);2H,1H2,(H2,3,4,5). The Morgan fingerprint density at radius 3 is 1.20 bits per heavy atom. The molecule has 1 aromatic carbocycles. The first-order valence-electron chi connectivity index (χ1n) is 20.0. The first-order valence-corrected chi connectivity index (χ1v) is 38.0. The normalized spacial score (nSPS) is 14.4. The van der Waals surface area contributed by atoms with Gasteiger partial charge >= 0.3 is 61.0 Å². The molecule has 0 spiro atoms. The summed E-state index contributed by atoms with van der Waals surface area (Å²) in [6, 6.07) is 8.95. The summed E-state index contributed by atoms with van der Waals surface area (Å²) in [6.07, 6.45) is -0.543. The van der Waals surface area contributed by atoms with E-state index in [4.69, 9.17) is 113 Å². The van der Waals surface area contributed by atoms with Crippen LogP contribution in [0.4, 0.5) is 0 Å². The summed E-state index contributed by atoms with van der Waals surface area (Å²) < 4.78 is 109. The van der Waals surface area contributed by atoms with Crippen LogP contribution in [0.5, 0.6) is 5.75 Å². The van der Waals surface area contributed by atoms with Crippen LogP contribution >= 0.6 is 75.7 Å². The van der Waals surface area contributed by atoms with Gasteiger partial charge in [-0.1, -0.05) is 44.9 Å². The summed E-state index contributed by atoms with van der Waals surface area (Å²) in [6.45, 7) is 9.35. The molecule has 452 valence electrons. The van der Waals surface area contributed by atoms with Gasteiger partial charge in [0.05, 0.1) is 26.1 Å². The van der Waals surface area contributed by atoms with Crippen molar-refractivity contribution in [1.29, 1.82) is 0 Å². The number of likely N-dealkylation sites (N-methyl/N-ethyl adjacent to an activating group) is 1. The van der Waals surface area contributed by atoms with Gasteiger partial charge < -0.3 is 113 Å². The molecule has 46 heteroatoms. The number of hydrogen-bond acceptors (Lipinski definition) is 19. The molecule has 2 atom stereocenters. The Morgan fingerprint density at radius 2 is 0.933 bits per heavy atom. The Bertz CT molecular complexity index is 2110. The van der Waals surface area contributed by atoms with E-state index in [1.807, 2.05) is 13.0 Å². The molecule has 0 bridgehead atoms. The molecule has 0 aliphatic carbocycles. The Kier molecular flexibility index (Phi) is 42.5. The van der Waals surface area contributed by atoms with Crippen molar-refractivity contribution in [2.24, 2.45) is 0 Å². The maximum absolute atomic E-state index is 10.8. The lowest BCUT2D eigenvalue weighted by Gasteiger charge is -2.26. The quantitative estimate of drug-likeness (QED) is 0.0368. The maximum Gasteiger partial charge on any atom is 0.469 e. The average Bonchev–Trinajstić information content (AvgIpc) is 3.14. The minimum absolute atomic E-state index is 0.0657. The molecule has 1 aromatic rings. The molecule has 0 saturated heterocycles. The Labute approximate surface area is 431 Å². The minimum Gasteiger partial charge on any atom is -0.491 e. The second-order valence-electron chi connectivity index (χ2n) is 14.8. The van der Waals surface area contributed by atoms with E-state index in [2.05, 4.69) is 17.4 Å². The van der Waals surface area contributed by atoms with E-state index >= 15 is 0 Å². The first-order chi connectivity index (χ1) is 33.1. The summed E-state index contributed by atoms with van der Waals surface area (Å²) in [7, 11) is -42.8. The number of ether oxygens (including phenoxy) is 2. The van der Waals surface area contributed by atoms with Gasteiger partial charge in [-0.25, -0.2) is 4.57 Å². The van der Waals surface area contributed by atoms with Gasteiger partial charge in [0.25, 0.3) is 0 Å². The third-order valence-electron chi connectivity index (χ3n) is 7.04. The van der Waals surface area contributed by atoms with E-state index in [1.54, 1.807) is 31.2 Å². The van der Waals surface area contributed by atoms with Gasteiger partial charge in [-0.05, 0) is 32.0 Å². The third kappa shape index (κ3) is 63.1. The van der Waals surface area contributed by atoms with Gasteiger partial charge in [-0.15, -0.1) is 0 Å². The molecular weight excluding hydrogens is 1230 g/mol. The number of benzene rings is 1. The van der Waals surface area contributed by atoms with E-state index < -0.39 is 112 Å². The van der Waals surface area contributed by atoms with Crippen molar-refractivity contribution in [2.45, 2.75) is 32.3 Å². The predicted molar refractivity (Wildman–Crippen MR) is 272 cm³/mol. The fraction of sp³-hybridized carbons (Fsp3) is 0.690.